The van der Waals surface area contributed by atoms with Crippen molar-refractivity contribution in [2.75, 3.05) is 4.90 Å². The van der Waals surface area contributed by atoms with Crippen molar-refractivity contribution >= 4 is 55.2 Å². The van der Waals surface area contributed by atoms with Crippen LogP contribution >= 0.6 is 0 Å². The Labute approximate surface area is 371 Å². The van der Waals surface area contributed by atoms with Crippen molar-refractivity contribution < 1.29 is 0 Å². The van der Waals surface area contributed by atoms with Crippen LogP contribution in [0.1, 0.15) is 18.4 Å². The summed E-state index contributed by atoms with van der Waals surface area (Å²) in [4.78, 5) is 18.7. The highest BCUT2D eigenvalue weighted by molar-refractivity contribution is 6.16. The van der Waals surface area contributed by atoms with Gasteiger partial charge in [-0.3, -0.25) is 0 Å². The van der Waals surface area contributed by atoms with Crippen molar-refractivity contribution in [2.45, 2.75) is 18.9 Å². The van der Waals surface area contributed by atoms with Gasteiger partial charge in [0.1, 0.15) is 0 Å². The Morgan fingerprint density at radius 1 is 0.500 bits per heavy atom. The summed E-state index contributed by atoms with van der Waals surface area (Å²) in [5.41, 5.74) is 13.0. The van der Waals surface area contributed by atoms with Gasteiger partial charge in [-0.05, 0) is 66.1 Å². The molecule has 0 amide bonds. The van der Waals surface area contributed by atoms with Crippen molar-refractivity contribution in [1.29, 1.82) is 0 Å². The maximum absolute atomic E-state index is 5.58. The second kappa shape index (κ2) is 15.2. The first-order valence-electron chi connectivity index (χ1n) is 21.9. The molecule has 3 aromatic heterocycles. The Morgan fingerprint density at radius 2 is 1.11 bits per heavy atom. The summed E-state index contributed by atoms with van der Waals surface area (Å²) in [6.45, 7) is 6.53. The molecule has 0 spiro atoms. The smallest absolute Gasteiger partial charge is 0.234 e. The first kappa shape index (κ1) is 37.4. The zero-order valence-corrected chi connectivity index (χ0v) is 35.3. The predicted molar refractivity (Wildman–Crippen MR) is 265 cm³/mol. The molecular formula is C58H42N6. The number of hydrogen-bond acceptors (Lipinski definition) is 4. The van der Waals surface area contributed by atoms with E-state index in [0.29, 0.717) is 17.6 Å². The van der Waals surface area contributed by atoms with Crippen LogP contribution in [0.5, 0.6) is 0 Å². The standard InChI is InChI=1S/C58H42N6/c1-3-20-49-43(4-2)45-35-36-46-44-29-14-16-32-50(44)63(42-28-18-25-40(37-42)38-21-8-5-9-22-38)54(46)55(45)64(49)58-60-56(39-23-10-6-11-24-39)59-57(61-58)48-31-19-34-52-53(48)47-30-15-17-33-51(47)62(52)41-26-12-7-13-27-41/h3-37,43,49H,2H2,1H3/b20-3-. The molecule has 2 unspecified atom stereocenters. The first-order valence-corrected chi connectivity index (χ1v) is 21.9. The van der Waals surface area contributed by atoms with E-state index in [-0.39, 0.29) is 12.0 Å². The van der Waals surface area contributed by atoms with E-state index in [4.69, 9.17) is 15.0 Å². The van der Waals surface area contributed by atoms with Gasteiger partial charge in [-0.2, -0.15) is 9.97 Å². The minimum atomic E-state index is -0.167. The number of para-hydroxylation sites is 3. The van der Waals surface area contributed by atoms with E-state index in [1.807, 2.05) is 18.2 Å². The fraction of sp³-hybridized carbons (Fsp3) is 0.0517. The van der Waals surface area contributed by atoms with E-state index in [1.165, 1.54) is 16.5 Å². The van der Waals surface area contributed by atoms with E-state index in [9.17, 15) is 0 Å². The van der Waals surface area contributed by atoms with Gasteiger partial charge >= 0.3 is 0 Å². The van der Waals surface area contributed by atoms with Gasteiger partial charge in [0.2, 0.25) is 5.95 Å². The van der Waals surface area contributed by atoms with Gasteiger partial charge in [0, 0.05) is 50.0 Å². The van der Waals surface area contributed by atoms with Crippen LogP contribution in [0, 0.1) is 0 Å². The third-order valence-electron chi connectivity index (χ3n) is 12.8. The monoisotopic (exact) mass is 822 g/mol. The Bertz CT molecular complexity index is 3600. The molecule has 2 atom stereocenters. The van der Waals surface area contributed by atoms with Crippen LogP contribution in [0.15, 0.2) is 219 Å². The summed E-state index contributed by atoms with van der Waals surface area (Å²) in [6, 6.07) is 68.5. The van der Waals surface area contributed by atoms with Crippen LogP contribution in [0.4, 0.5) is 11.6 Å². The lowest BCUT2D eigenvalue weighted by Gasteiger charge is -2.27. The van der Waals surface area contributed by atoms with Crippen molar-refractivity contribution in [2.24, 2.45) is 0 Å². The van der Waals surface area contributed by atoms with Crippen LogP contribution in [0.2, 0.25) is 0 Å². The number of rotatable bonds is 8. The number of aromatic nitrogens is 5. The molecule has 64 heavy (non-hydrogen) atoms. The number of allylic oxidation sites excluding steroid dienone is 1. The third kappa shape index (κ3) is 5.83. The van der Waals surface area contributed by atoms with E-state index in [2.05, 4.69) is 222 Å². The molecule has 0 N–H and O–H groups in total. The quantitative estimate of drug-likeness (QED) is 0.143. The molecular weight excluding hydrogens is 781 g/mol. The molecule has 12 rings (SSSR count). The molecule has 0 aliphatic carbocycles. The van der Waals surface area contributed by atoms with Crippen LogP contribution in [-0.2, 0) is 0 Å². The first-order chi connectivity index (χ1) is 31.7. The molecule has 4 heterocycles. The average molecular weight is 823 g/mol. The van der Waals surface area contributed by atoms with Gasteiger partial charge in [-0.15, -0.1) is 6.58 Å². The zero-order valence-electron chi connectivity index (χ0n) is 35.3. The van der Waals surface area contributed by atoms with Crippen LogP contribution in [0.3, 0.4) is 0 Å². The summed E-state index contributed by atoms with van der Waals surface area (Å²) >= 11 is 0. The summed E-state index contributed by atoms with van der Waals surface area (Å²) < 4.78 is 4.77. The van der Waals surface area contributed by atoms with Gasteiger partial charge in [0.15, 0.2) is 11.6 Å². The second-order valence-corrected chi connectivity index (χ2v) is 16.4. The number of benzene rings is 8. The summed E-state index contributed by atoms with van der Waals surface area (Å²) in [5, 5.41) is 4.56. The highest BCUT2D eigenvalue weighted by Crippen LogP contribution is 2.52. The largest absolute Gasteiger partial charge is 0.309 e. The Balaban J connectivity index is 1.16. The molecule has 11 aromatic rings. The Hall–Kier alpha value is -8.35. The van der Waals surface area contributed by atoms with Crippen molar-refractivity contribution in [3.05, 3.63) is 224 Å². The molecule has 0 saturated heterocycles. The molecule has 1 aliphatic rings. The highest BCUT2D eigenvalue weighted by Gasteiger charge is 2.41. The summed E-state index contributed by atoms with van der Waals surface area (Å²) in [6.07, 6.45) is 6.48. The van der Waals surface area contributed by atoms with Crippen molar-refractivity contribution in [3.63, 3.8) is 0 Å². The highest BCUT2D eigenvalue weighted by atomic mass is 15.3. The fourth-order valence-corrected chi connectivity index (χ4v) is 10.1. The SMILES string of the molecule is C=CC1c2ccc3c4ccccc4n(-c4cccc(-c5ccccc5)c4)c3c2N(c2nc(-c3ccccc3)nc(-c3cccc4c3c3ccccc3n4-c3ccccc3)n2)C1/C=C\C. The number of anilines is 2. The van der Waals surface area contributed by atoms with Gasteiger partial charge in [0.05, 0.1) is 33.8 Å². The number of fused-ring (bicyclic) bond motifs is 8. The Morgan fingerprint density at radius 3 is 1.86 bits per heavy atom. The minimum absolute atomic E-state index is 0.0506. The molecule has 0 bridgehead atoms. The molecule has 0 saturated carbocycles. The van der Waals surface area contributed by atoms with Gasteiger partial charge < -0.3 is 14.0 Å². The minimum Gasteiger partial charge on any atom is -0.309 e. The molecule has 6 heteroatoms. The molecule has 6 nitrogen and oxygen atoms in total. The number of hydrogen-bond donors (Lipinski definition) is 0. The average Bonchev–Trinajstić information content (AvgIpc) is 4.00. The van der Waals surface area contributed by atoms with E-state index < -0.39 is 0 Å². The normalized spacial score (nSPS) is 14.9. The lowest BCUT2D eigenvalue weighted by atomic mass is 9.94. The zero-order chi connectivity index (χ0) is 42.7. The van der Waals surface area contributed by atoms with Crippen LogP contribution in [0.25, 0.3) is 88.9 Å². The lowest BCUT2D eigenvalue weighted by molar-refractivity contribution is 0.735. The molecule has 1 aliphatic heterocycles. The Kier molecular flexibility index (Phi) is 8.90. The van der Waals surface area contributed by atoms with Gasteiger partial charge in [0.25, 0.3) is 0 Å². The topological polar surface area (TPSA) is 51.8 Å². The second-order valence-electron chi connectivity index (χ2n) is 16.4. The van der Waals surface area contributed by atoms with E-state index >= 15 is 0 Å². The predicted octanol–water partition coefficient (Wildman–Crippen LogP) is 14.4. The van der Waals surface area contributed by atoms with Gasteiger partial charge in [-0.25, -0.2) is 4.98 Å². The van der Waals surface area contributed by atoms with Crippen molar-refractivity contribution in [3.8, 4) is 45.3 Å². The lowest BCUT2D eigenvalue weighted by Crippen LogP contribution is -2.30. The number of nitrogens with zero attached hydrogens (tertiary/aromatic N) is 6. The fourth-order valence-electron chi connectivity index (χ4n) is 10.1. The van der Waals surface area contributed by atoms with E-state index in [1.54, 1.807) is 0 Å². The molecule has 8 aromatic carbocycles. The summed E-state index contributed by atoms with van der Waals surface area (Å²) in [5.74, 6) is 1.74. The molecule has 304 valence electrons. The summed E-state index contributed by atoms with van der Waals surface area (Å²) in [7, 11) is 0. The van der Waals surface area contributed by atoms with Crippen LogP contribution < -0.4 is 4.90 Å². The molecule has 0 radical (unpaired) electrons. The maximum atomic E-state index is 5.58. The molecule has 0 fully saturated rings. The van der Waals surface area contributed by atoms with Gasteiger partial charge in [-0.1, -0.05) is 170 Å². The van der Waals surface area contributed by atoms with E-state index in [0.717, 1.165) is 72.0 Å². The third-order valence-corrected chi connectivity index (χ3v) is 12.8. The van der Waals surface area contributed by atoms with Crippen molar-refractivity contribution in [1.82, 2.24) is 24.1 Å². The maximum Gasteiger partial charge on any atom is 0.234 e. The van der Waals surface area contributed by atoms with Crippen LogP contribution in [-0.4, -0.2) is 30.1 Å².